The minimum Gasteiger partial charge on any atom is -0.497 e. The smallest absolute Gasteiger partial charge is 0.417 e. The van der Waals surface area contributed by atoms with Gasteiger partial charge in [0, 0.05) is 49.5 Å². The van der Waals surface area contributed by atoms with Gasteiger partial charge in [-0.1, -0.05) is 0 Å². The van der Waals surface area contributed by atoms with Crippen molar-refractivity contribution in [2.45, 2.75) is 19.0 Å². The molecule has 0 unspecified atom stereocenters. The molecule has 0 radical (unpaired) electrons. The molecule has 1 saturated heterocycles. The van der Waals surface area contributed by atoms with Crippen LogP contribution in [-0.4, -0.2) is 54.7 Å². The molecule has 0 saturated carbocycles. The lowest BCUT2D eigenvalue weighted by atomic mass is 10.1. The van der Waals surface area contributed by atoms with Crippen LogP contribution < -0.4 is 9.64 Å². The molecule has 8 heteroatoms. The van der Waals surface area contributed by atoms with Gasteiger partial charge in [-0.25, -0.2) is 4.98 Å². The lowest BCUT2D eigenvalue weighted by Gasteiger charge is -2.35. The maximum Gasteiger partial charge on any atom is 0.417 e. The highest BCUT2D eigenvalue weighted by Crippen LogP contribution is 2.29. The Hall–Kier alpha value is -2.74. The van der Waals surface area contributed by atoms with Gasteiger partial charge in [-0.2, -0.15) is 13.2 Å². The van der Waals surface area contributed by atoms with E-state index in [9.17, 15) is 13.2 Å². The number of anilines is 1. The van der Waals surface area contributed by atoms with E-state index in [0.717, 1.165) is 69.1 Å². The number of fused-ring (bicyclic) bond motifs is 1. The molecule has 160 valence electrons. The van der Waals surface area contributed by atoms with Gasteiger partial charge < -0.3 is 14.6 Å². The summed E-state index contributed by atoms with van der Waals surface area (Å²) in [6, 6.07) is 8.62. The first-order chi connectivity index (χ1) is 14.4. The normalized spacial score (nSPS) is 15.7. The van der Waals surface area contributed by atoms with E-state index in [1.807, 2.05) is 17.0 Å². The standard InChI is InChI=1S/C22H25F3N4O/c1-30-18-5-6-20-19(13-18)16(14-26-20)3-2-8-28-9-11-29(12-10-28)21-7-4-17(15-27-21)22(23,24)25/h4-7,13-15,26H,2-3,8-12H2,1H3. The summed E-state index contributed by atoms with van der Waals surface area (Å²) >= 11 is 0. The number of aromatic amines is 1. The third-order valence-corrected chi connectivity index (χ3v) is 5.67. The van der Waals surface area contributed by atoms with Gasteiger partial charge in [0.1, 0.15) is 11.6 Å². The molecule has 1 N–H and O–H groups in total. The van der Waals surface area contributed by atoms with Crippen LogP contribution in [0.25, 0.3) is 10.9 Å². The first kappa shape index (κ1) is 20.5. The Bertz CT molecular complexity index is 976. The number of methoxy groups -OCH3 is 1. The van der Waals surface area contributed by atoms with E-state index in [1.165, 1.54) is 17.0 Å². The fourth-order valence-corrected chi connectivity index (χ4v) is 3.93. The second-order valence-electron chi connectivity index (χ2n) is 7.56. The first-order valence-electron chi connectivity index (χ1n) is 10.1. The molecule has 0 spiro atoms. The van der Waals surface area contributed by atoms with Gasteiger partial charge in [-0.15, -0.1) is 0 Å². The van der Waals surface area contributed by atoms with Crippen molar-refractivity contribution in [3.05, 3.63) is 53.9 Å². The number of alkyl halides is 3. The van der Waals surface area contributed by atoms with Crippen LogP contribution in [0.2, 0.25) is 0 Å². The van der Waals surface area contributed by atoms with E-state index in [0.29, 0.717) is 5.82 Å². The van der Waals surface area contributed by atoms with Gasteiger partial charge in [0.15, 0.2) is 0 Å². The van der Waals surface area contributed by atoms with E-state index >= 15 is 0 Å². The summed E-state index contributed by atoms with van der Waals surface area (Å²) in [5.41, 5.74) is 1.69. The van der Waals surface area contributed by atoms with Gasteiger partial charge in [-0.05, 0) is 55.3 Å². The summed E-state index contributed by atoms with van der Waals surface area (Å²) in [6.07, 6.45) is 0.660. The van der Waals surface area contributed by atoms with E-state index in [2.05, 4.69) is 27.1 Å². The van der Waals surface area contributed by atoms with Gasteiger partial charge >= 0.3 is 6.18 Å². The zero-order chi connectivity index (χ0) is 21.1. The molecule has 4 rings (SSSR count). The highest BCUT2D eigenvalue weighted by molar-refractivity contribution is 5.84. The third kappa shape index (κ3) is 4.53. The minimum atomic E-state index is -4.35. The van der Waals surface area contributed by atoms with E-state index < -0.39 is 11.7 Å². The van der Waals surface area contributed by atoms with Crippen LogP contribution in [-0.2, 0) is 12.6 Å². The van der Waals surface area contributed by atoms with Crippen LogP contribution in [0.3, 0.4) is 0 Å². The van der Waals surface area contributed by atoms with Crippen molar-refractivity contribution < 1.29 is 17.9 Å². The molecule has 0 atom stereocenters. The molecule has 1 aliphatic rings. The highest BCUT2D eigenvalue weighted by Gasteiger charge is 2.31. The maximum absolute atomic E-state index is 12.7. The summed E-state index contributed by atoms with van der Waals surface area (Å²) in [5, 5.41) is 1.20. The monoisotopic (exact) mass is 418 g/mol. The number of halogens is 3. The fourth-order valence-electron chi connectivity index (χ4n) is 3.93. The number of pyridine rings is 1. The Balaban J connectivity index is 1.26. The number of nitrogens with one attached hydrogen (secondary N) is 1. The van der Waals surface area contributed by atoms with Crippen molar-refractivity contribution in [2.75, 3.05) is 44.7 Å². The van der Waals surface area contributed by atoms with Crippen molar-refractivity contribution in [1.29, 1.82) is 0 Å². The number of aryl methyl sites for hydroxylation is 1. The Labute approximate surface area is 173 Å². The average Bonchev–Trinajstić information content (AvgIpc) is 3.16. The van der Waals surface area contributed by atoms with E-state index in [1.54, 1.807) is 7.11 Å². The fraction of sp³-hybridized carbons (Fsp3) is 0.409. The third-order valence-electron chi connectivity index (χ3n) is 5.67. The Kier molecular flexibility index (Phi) is 5.85. The second kappa shape index (κ2) is 8.55. The summed E-state index contributed by atoms with van der Waals surface area (Å²) in [5.74, 6) is 1.46. The molecule has 5 nitrogen and oxygen atoms in total. The molecular formula is C22H25F3N4O. The molecular weight excluding hydrogens is 393 g/mol. The number of nitrogens with zero attached hydrogens (tertiary/aromatic N) is 3. The number of ether oxygens (including phenoxy) is 1. The molecule has 3 heterocycles. The number of hydrogen-bond acceptors (Lipinski definition) is 4. The van der Waals surface area contributed by atoms with Crippen molar-refractivity contribution in [3.63, 3.8) is 0 Å². The molecule has 0 aliphatic carbocycles. The lowest BCUT2D eigenvalue weighted by molar-refractivity contribution is -0.137. The minimum absolute atomic E-state index is 0.607. The number of hydrogen-bond donors (Lipinski definition) is 1. The quantitative estimate of drug-likeness (QED) is 0.647. The zero-order valence-corrected chi connectivity index (χ0v) is 16.9. The van der Waals surface area contributed by atoms with Crippen molar-refractivity contribution in [3.8, 4) is 5.75 Å². The lowest BCUT2D eigenvalue weighted by Crippen LogP contribution is -2.47. The summed E-state index contributed by atoms with van der Waals surface area (Å²) in [6.45, 7) is 4.28. The SMILES string of the molecule is COc1ccc2[nH]cc(CCCN3CCN(c4ccc(C(F)(F)F)cn4)CC3)c2c1. The molecule has 0 amide bonds. The number of rotatable bonds is 6. The van der Waals surface area contributed by atoms with Crippen LogP contribution >= 0.6 is 0 Å². The first-order valence-corrected chi connectivity index (χ1v) is 10.1. The van der Waals surface area contributed by atoms with E-state index in [-0.39, 0.29) is 0 Å². The predicted octanol–water partition coefficient (Wildman–Crippen LogP) is 4.35. The van der Waals surface area contributed by atoms with Crippen molar-refractivity contribution >= 4 is 16.7 Å². The molecule has 1 fully saturated rings. The average molecular weight is 418 g/mol. The second-order valence-corrected chi connectivity index (χ2v) is 7.56. The van der Waals surface area contributed by atoms with Crippen LogP contribution in [0.15, 0.2) is 42.7 Å². The maximum atomic E-state index is 12.7. The summed E-state index contributed by atoms with van der Waals surface area (Å²) in [4.78, 5) is 11.8. The Morgan fingerprint density at radius 3 is 2.57 bits per heavy atom. The zero-order valence-electron chi connectivity index (χ0n) is 16.9. The van der Waals surface area contributed by atoms with Crippen LogP contribution in [0.5, 0.6) is 5.75 Å². The van der Waals surface area contributed by atoms with Crippen LogP contribution in [0, 0.1) is 0 Å². The van der Waals surface area contributed by atoms with Crippen LogP contribution in [0.4, 0.5) is 19.0 Å². The van der Waals surface area contributed by atoms with Gasteiger partial charge in [0.2, 0.25) is 0 Å². The van der Waals surface area contributed by atoms with Gasteiger partial charge in [0.05, 0.1) is 12.7 Å². The van der Waals surface area contributed by atoms with E-state index in [4.69, 9.17) is 4.74 Å². The molecule has 1 aliphatic heterocycles. The van der Waals surface area contributed by atoms with Gasteiger partial charge in [-0.3, -0.25) is 4.90 Å². The van der Waals surface area contributed by atoms with Crippen molar-refractivity contribution in [1.82, 2.24) is 14.9 Å². The number of benzene rings is 1. The summed E-state index contributed by atoms with van der Waals surface area (Å²) < 4.78 is 43.4. The Morgan fingerprint density at radius 2 is 1.90 bits per heavy atom. The molecule has 3 aromatic rings. The van der Waals surface area contributed by atoms with Crippen molar-refractivity contribution in [2.24, 2.45) is 0 Å². The highest BCUT2D eigenvalue weighted by atomic mass is 19.4. The predicted molar refractivity (Wildman–Crippen MR) is 111 cm³/mol. The molecule has 0 bridgehead atoms. The number of H-pyrrole nitrogens is 1. The Morgan fingerprint density at radius 1 is 1.10 bits per heavy atom. The number of aromatic nitrogens is 2. The largest absolute Gasteiger partial charge is 0.497 e. The molecule has 2 aromatic heterocycles. The van der Waals surface area contributed by atoms with Gasteiger partial charge in [0.25, 0.3) is 0 Å². The molecule has 30 heavy (non-hydrogen) atoms. The van der Waals surface area contributed by atoms with Crippen LogP contribution in [0.1, 0.15) is 17.5 Å². The topological polar surface area (TPSA) is 44.4 Å². The number of piperazine rings is 1. The molecule has 1 aromatic carbocycles. The summed E-state index contributed by atoms with van der Waals surface area (Å²) in [7, 11) is 1.67.